The summed E-state index contributed by atoms with van der Waals surface area (Å²) in [5, 5.41) is 2.21. The fourth-order valence-corrected chi connectivity index (χ4v) is 2.48. The van der Waals surface area contributed by atoms with Crippen molar-refractivity contribution in [3.63, 3.8) is 0 Å². The van der Waals surface area contributed by atoms with Crippen molar-refractivity contribution in [1.82, 2.24) is 4.90 Å². The molecule has 0 heterocycles. The summed E-state index contributed by atoms with van der Waals surface area (Å²) in [7, 11) is 2.89. The zero-order chi connectivity index (χ0) is 20.0. The molecular weight excluding hydrogens is 361 g/mol. The van der Waals surface area contributed by atoms with Crippen molar-refractivity contribution in [1.29, 1.82) is 0 Å². The van der Waals surface area contributed by atoms with E-state index in [0.717, 1.165) is 17.0 Å². The number of rotatable bonds is 6. The lowest BCUT2D eigenvalue weighted by Crippen LogP contribution is -2.36. The van der Waals surface area contributed by atoms with E-state index in [0.29, 0.717) is 11.3 Å². The van der Waals surface area contributed by atoms with Crippen LogP contribution in [0.3, 0.4) is 0 Å². The van der Waals surface area contributed by atoms with E-state index in [1.54, 1.807) is 24.3 Å². The highest BCUT2D eigenvalue weighted by atomic mass is 19.4. The number of benzene rings is 2. The lowest BCUT2D eigenvalue weighted by atomic mass is 10.1. The molecular formula is C19H19F3N2O3. The van der Waals surface area contributed by atoms with Crippen LogP contribution in [0, 0.1) is 0 Å². The number of anilines is 1. The lowest BCUT2D eigenvalue weighted by Gasteiger charge is -2.19. The summed E-state index contributed by atoms with van der Waals surface area (Å²) in [5.41, 5.74) is -0.637. The summed E-state index contributed by atoms with van der Waals surface area (Å²) < 4.78 is 44.1. The first-order valence-electron chi connectivity index (χ1n) is 8.04. The number of ether oxygens (including phenoxy) is 1. The molecule has 144 valence electrons. The van der Waals surface area contributed by atoms with Crippen LogP contribution in [0.2, 0.25) is 0 Å². The molecule has 0 atom stereocenters. The number of carbonyl (C=O) groups excluding carboxylic acids is 2. The predicted octanol–water partition coefficient (Wildman–Crippen LogP) is 3.35. The summed E-state index contributed by atoms with van der Waals surface area (Å²) in [4.78, 5) is 25.5. The van der Waals surface area contributed by atoms with E-state index in [9.17, 15) is 22.8 Å². The van der Waals surface area contributed by atoms with Gasteiger partial charge in [-0.25, -0.2) is 0 Å². The van der Waals surface area contributed by atoms with E-state index in [-0.39, 0.29) is 24.6 Å². The molecule has 0 aliphatic rings. The van der Waals surface area contributed by atoms with Gasteiger partial charge in [0, 0.05) is 12.6 Å². The molecule has 2 amide bonds. The Morgan fingerprint density at radius 1 is 1.07 bits per heavy atom. The van der Waals surface area contributed by atoms with Gasteiger partial charge < -0.3 is 15.0 Å². The van der Waals surface area contributed by atoms with Crippen LogP contribution in [0.1, 0.15) is 11.1 Å². The van der Waals surface area contributed by atoms with Gasteiger partial charge in [-0.15, -0.1) is 0 Å². The van der Waals surface area contributed by atoms with Gasteiger partial charge in [0.15, 0.2) is 0 Å². The number of para-hydroxylation sites is 2. The maximum atomic E-state index is 13.0. The fourth-order valence-electron chi connectivity index (χ4n) is 2.48. The minimum absolute atomic E-state index is 0.00688. The molecule has 0 radical (unpaired) electrons. The predicted molar refractivity (Wildman–Crippen MR) is 94.4 cm³/mol. The number of halogens is 3. The molecule has 0 aromatic heterocycles. The first kappa shape index (κ1) is 20.3. The maximum Gasteiger partial charge on any atom is 0.418 e. The van der Waals surface area contributed by atoms with Gasteiger partial charge in [0.2, 0.25) is 11.8 Å². The average molecular weight is 380 g/mol. The van der Waals surface area contributed by atoms with E-state index >= 15 is 0 Å². The molecule has 0 aliphatic carbocycles. The first-order chi connectivity index (χ1) is 12.7. The first-order valence-corrected chi connectivity index (χ1v) is 8.04. The molecule has 8 heteroatoms. The van der Waals surface area contributed by atoms with Crippen LogP contribution in [-0.4, -0.2) is 37.4 Å². The van der Waals surface area contributed by atoms with Gasteiger partial charge in [-0.05, 0) is 18.2 Å². The molecule has 0 aliphatic heterocycles. The number of nitrogens with one attached hydrogen (secondary N) is 1. The molecule has 0 spiro atoms. The zero-order valence-corrected chi connectivity index (χ0v) is 14.8. The molecule has 0 saturated carbocycles. The molecule has 0 unspecified atom stereocenters. The highest BCUT2D eigenvalue weighted by Gasteiger charge is 2.33. The smallest absolute Gasteiger partial charge is 0.418 e. The van der Waals surface area contributed by atoms with Gasteiger partial charge in [-0.3, -0.25) is 9.59 Å². The van der Waals surface area contributed by atoms with Crippen molar-refractivity contribution in [2.24, 2.45) is 0 Å². The van der Waals surface area contributed by atoms with E-state index in [2.05, 4.69) is 5.32 Å². The van der Waals surface area contributed by atoms with Crippen LogP contribution in [-0.2, 0) is 22.2 Å². The van der Waals surface area contributed by atoms with Crippen molar-refractivity contribution in [2.75, 3.05) is 26.0 Å². The molecule has 5 nitrogen and oxygen atoms in total. The van der Waals surface area contributed by atoms with Gasteiger partial charge in [0.05, 0.1) is 31.3 Å². The molecule has 0 bridgehead atoms. The summed E-state index contributed by atoms with van der Waals surface area (Å²) in [6.07, 6.45) is -4.58. The number of hydrogen-bond donors (Lipinski definition) is 1. The number of methoxy groups -OCH3 is 1. The van der Waals surface area contributed by atoms with Gasteiger partial charge in [0.25, 0.3) is 0 Å². The normalized spacial score (nSPS) is 11.0. The van der Waals surface area contributed by atoms with Crippen LogP contribution in [0.25, 0.3) is 0 Å². The second-order valence-corrected chi connectivity index (χ2v) is 5.83. The van der Waals surface area contributed by atoms with Gasteiger partial charge >= 0.3 is 6.18 Å². The number of alkyl halides is 3. The summed E-state index contributed by atoms with van der Waals surface area (Å²) in [6.45, 7) is -0.375. The SMILES string of the molecule is COc1ccccc1CC(=O)N(C)CC(=O)Nc1ccccc1C(F)(F)F. The highest BCUT2D eigenvalue weighted by Crippen LogP contribution is 2.34. The number of nitrogens with zero attached hydrogens (tertiary/aromatic N) is 1. The van der Waals surface area contributed by atoms with E-state index in [1.807, 2.05) is 0 Å². The van der Waals surface area contributed by atoms with Gasteiger partial charge in [-0.2, -0.15) is 13.2 Å². The largest absolute Gasteiger partial charge is 0.496 e. The summed E-state index contributed by atoms with van der Waals surface area (Å²) in [5.74, 6) is -0.538. The molecule has 2 aromatic rings. The second-order valence-electron chi connectivity index (χ2n) is 5.83. The van der Waals surface area contributed by atoms with Crippen molar-refractivity contribution in [3.8, 4) is 5.75 Å². The maximum absolute atomic E-state index is 13.0. The Hall–Kier alpha value is -3.03. The Bertz CT molecular complexity index is 822. The quantitative estimate of drug-likeness (QED) is 0.836. The van der Waals surface area contributed by atoms with Crippen LogP contribution in [0.5, 0.6) is 5.75 Å². The van der Waals surface area contributed by atoms with E-state index in [1.165, 1.54) is 26.3 Å². The minimum Gasteiger partial charge on any atom is -0.496 e. The van der Waals surface area contributed by atoms with Gasteiger partial charge in [0.1, 0.15) is 5.75 Å². The van der Waals surface area contributed by atoms with E-state index < -0.39 is 17.6 Å². The Balaban J connectivity index is 2.01. The molecule has 0 fully saturated rings. The van der Waals surface area contributed by atoms with E-state index in [4.69, 9.17) is 4.74 Å². The minimum atomic E-state index is -4.59. The zero-order valence-electron chi connectivity index (χ0n) is 14.8. The fraction of sp³-hybridized carbons (Fsp3) is 0.263. The van der Waals surface area contributed by atoms with Crippen LogP contribution >= 0.6 is 0 Å². The lowest BCUT2D eigenvalue weighted by molar-refractivity contribution is -0.137. The van der Waals surface area contributed by atoms with Crippen molar-refractivity contribution in [3.05, 3.63) is 59.7 Å². The topological polar surface area (TPSA) is 58.6 Å². The molecule has 27 heavy (non-hydrogen) atoms. The number of carbonyl (C=O) groups is 2. The Morgan fingerprint density at radius 2 is 1.70 bits per heavy atom. The van der Waals surface area contributed by atoms with Crippen molar-refractivity contribution >= 4 is 17.5 Å². The average Bonchev–Trinajstić information content (AvgIpc) is 2.61. The third-order valence-electron chi connectivity index (χ3n) is 3.85. The standard InChI is InChI=1S/C19H19F3N2O3/c1-24(18(26)11-13-7-3-6-10-16(13)27-2)12-17(25)23-15-9-5-4-8-14(15)19(20,21)22/h3-10H,11-12H2,1-2H3,(H,23,25). The molecule has 2 aromatic carbocycles. The van der Waals surface area contributed by atoms with Gasteiger partial charge in [-0.1, -0.05) is 30.3 Å². The van der Waals surface area contributed by atoms with Crippen molar-refractivity contribution < 1.29 is 27.5 Å². The second kappa shape index (κ2) is 8.57. The Morgan fingerprint density at radius 3 is 2.37 bits per heavy atom. The third-order valence-corrected chi connectivity index (χ3v) is 3.85. The number of likely N-dealkylation sites (N-methyl/N-ethyl adjacent to an activating group) is 1. The van der Waals surface area contributed by atoms with Crippen molar-refractivity contribution in [2.45, 2.75) is 12.6 Å². The summed E-state index contributed by atoms with van der Waals surface area (Å²) >= 11 is 0. The molecule has 0 saturated heterocycles. The highest BCUT2D eigenvalue weighted by molar-refractivity contribution is 5.95. The Labute approximate surface area is 154 Å². The van der Waals surface area contributed by atoms with Crippen LogP contribution < -0.4 is 10.1 Å². The molecule has 1 N–H and O–H groups in total. The summed E-state index contributed by atoms with van der Waals surface area (Å²) in [6, 6.07) is 11.6. The molecule has 2 rings (SSSR count). The Kier molecular flexibility index (Phi) is 6.44. The van der Waals surface area contributed by atoms with Crippen LogP contribution in [0.4, 0.5) is 18.9 Å². The monoisotopic (exact) mass is 380 g/mol. The number of amides is 2. The number of hydrogen-bond acceptors (Lipinski definition) is 3. The van der Waals surface area contributed by atoms with Crippen LogP contribution in [0.15, 0.2) is 48.5 Å². The third kappa shape index (κ3) is 5.47.